The number of hydrogen-bond acceptors (Lipinski definition) is 2. The second kappa shape index (κ2) is 5.11. The monoisotopic (exact) mass is 358 g/mol. The topological polar surface area (TPSA) is 16.1 Å². The smallest absolute Gasteiger partial charge is 0.0535 e. The number of fused-ring (bicyclic) bond motifs is 8. The van der Waals surface area contributed by atoms with Crippen LogP contribution in [0.5, 0.6) is 0 Å². The predicted octanol–water partition coefficient (Wildman–Crippen LogP) is 5.93. The summed E-state index contributed by atoms with van der Waals surface area (Å²) < 4.78 is 0. The summed E-state index contributed by atoms with van der Waals surface area (Å²) in [5, 5.41) is 0. The van der Waals surface area contributed by atoms with Crippen LogP contribution in [0.15, 0.2) is 73.1 Å². The Morgan fingerprint density at radius 1 is 0.643 bits per heavy atom. The highest BCUT2D eigenvalue weighted by Crippen LogP contribution is 2.54. The summed E-state index contributed by atoms with van der Waals surface area (Å²) in [7, 11) is 0. The summed E-state index contributed by atoms with van der Waals surface area (Å²) >= 11 is 0. The van der Waals surface area contributed by atoms with E-state index in [9.17, 15) is 0 Å². The van der Waals surface area contributed by atoms with Gasteiger partial charge in [-0.3, -0.25) is 4.98 Å². The van der Waals surface area contributed by atoms with Crippen molar-refractivity contribution in [1.82, 2.24) is 4.98 Å². The van der Waals surface area contributed by atoms with E-state index < -0.39 is 0 Å². The molecule has 28 heavy (non-hydrogen) atoms. The molecule has 1 aromatic heterocycles. The van der Waals surface area contributed by atoms with Crippen LogP contribution in [0.2, 0.25) is 0 Å². The Hall–Kier alpha value is -3.39. The Morgan fingerprint density at radius 2 is 1.43 bits per heavy atom. The van der Waals surface area contributed by atoms with Crippen molar-refractivity contribution in [3.05, 3.63) is 106 Å². The molecule has 3 heterocycles. The zero-order valence-electron chi connectivity index (χ0n) is 15.4. The highest BCUT2D eigenvalue weighted by molar-refractivity contribution is 5.93. The van der Waals surface area contributed by atoms with Gasteiger partial charge in [0.2, 0.25) is 0 Å². The van der Waals surface area contributed by atoms with E-state index in [2.05, 4.69) is 70.5 Å². The molecule has 2 heteroatoms. The molecular formula is C26H18N2. The van der Waals surface area contributed by atoms with Crippen LogP contribution in [0.3, 0.4) is 0 Å². The summed E-state index contributed by atoms with van der Waals surface area (Å²) in [4.78, 5) is 6.91. The van der Waals surface area contributed by atoms with Gasteiger partial charge in [0.05, 0.1) is 11.4 Å². The van der Waals surface area contributed by atoms with E-state index in [1.54, 1.807) is 0 Å². The molecule has 4 aromatic rings. The molecule has 0 saturated heterocycles. The Morgan fingerprint density at radius 3 is 2.39 bits per heavy atom. The van der Waals surface area contributed by atoms with E-state index in [-0.39, 0.29) is 0 Å². The van der Waals surface area contributed by atoms with Crippen molar-refractivity contribution in [1.29, 1.82) is 0 Å². The van der Waals surface area contributed by atoms with Gasteiger partial charge in [-0.15, -0.1) is 0 Å². The molecule has 3 aliphatic rings. The van der Waals surface area contributed by atoms with Crippen LogP contribution in [-0.4, -0.2) is 4.98 Å². The average Bonchev–Trinajstić information content (AvgIpc) is 3.12. The lowest BCUT2D eigenvalue weighted by Gasteiger charge is -2.40. The van der Waals surface area contributed by atoms with Gasteiger partial charge in [-0.05, 0) is 69.1 Å². The van der Waals surface area contributed by atoms with Crippen molar-refractivity contribution < 1.29 is 0 Å². The highest BCUT2D eigenvalue weighted by Gasteiger charge is 2.35. The maximum atomic E-state index is 4.42. The van der Waals surface area contributed by atoms with Crippen molar-refractivity contribution >= 4 is 17.1 Å². The molecule has 1 aliphatic carbocycles. The second-order valence-electron chi connectivity index (χ2n) is 8.04. The number of hydrogen-bond donors (Lipinski definition) is 0. The molecule has 0 bridgehead atoms. The van der Waals surface area contributed by atoms with Crippen molar-refractivity contribution in [3.8, 4) is 11.1 Å². The van der Waals surface area contributed by atoms with Crippen LogP contribution >= 0.6 is 0 Å². The van der Waals surface area contributed by atoms with Crippen LogP contribution in [0.25, 0.3) is 11.1 Å². The summed E-state index contributed by atoms with van der Waals surface area (Å²) in [6.07, 6.45) is 6.99. The van der Waals surface area contributed by atoms with Gasteiger partial charge in [0.25, 0.3) is 0 Å². The molecule has 0 N–H and O–H groups in total. The van der Waals surface area contributed by atoms with Gasteiger partial charge in [-0.25, -0.2) is 0 Å². The minimum atomic E-state index is 0.958. The molecule has 0 saturated carbocycles. The lowest BCUT2D eigenvalue weighted by Crippen LogP contribution is -2.25. The van der Waals surface area contributed by atoms with Gasteiger partial charge in [0.15, 0.2) is 0 Å². The number of benzene rings is 3. The third-order valence-electron chi connectivity index (χ3n) is 6.60. The van der Waals surface area contributed by atoms with Crippen molar-refractivity contribution in [3.63, 3.8) is 0 Å². The fourth-order valence-electron chi connectivity index (χ4n) is 5.42. The Bertz CT molecular complexity index is 1290. The van der Waals surface area contributed by atoms with E-state index in [0.29, 0.717) is 0 Å². The number of aromatic nitrogens is 1. The quantitative estimate of drug-likeness (QED) is 0.334. The van der Waals surface area contributed by atoms with Crippen LogP contribution in [0.4, 0.5) is 17.1 Å². The van der Waals surface area contributed by atoms with E-state index in [1.165, 1.54) is 61.6 Å². The standard InChI is InChI=1S/C26H18N2/c1-3-7-20-16(5-1)12-22-21(20)14-18-11-19-15-27-10-9-25(19)28-24-8-4-2-6-17(24)13-23(22)26(18)28/h1-10,14-15H,11-13H2. The maximum absolute atomic E-state index is 4.42. The molecule has 0 spiro atoms. The Kier molecular flexibility index (Phi) is 2.67. The third kappa shape index (κ3) is 1.75. The lowest BCUT2D eigenvalue weighted by atomic mass is 9.83. The highest BCUT2D eigenvalue weighted by atomic mass is 15.2. The molecule has 7 rings (SSSR count). The fraction of sp³-hybridized carbons (Fsp3) is 0.115. The first-order valence-electron chi connectivity index (χ1n) is 9.95. The molecule has 0 fully saturated rings. The molecule has 3 aromatic carbocycles. The molecule has 0 unspecified atom stereocenters. The zero-order valence-corrected chi connectivity index (χ0v) is 15.4. The number of rotatable bonds is 0. The first-order chi connectivity index (χ1) is 13.9. The van der Waals surface area contributed by atoms with Gasteiger partial charge in [0, 0.05) is 30.9 Å². The minimum Gasteiger partial charge on any atom is -0.309 e. The predicted molar refractivity (Wildman–Crippen MR) is 113 cm³/mol. The average molecular weight is 358 g/mol. The first kappa shape index (κ1) is 14.6. The van der Waals surface area contributed by atoms with Gasteiger partial charge in [0.1, 0.15) is 0 Å². The zero-order chi connectivity index (χ0) is 18.2. The molecule has 0 atom stereocenters. The molecule has 0 amide bonds. The largest absolute Gasteiger partial charge is 0.309 e. The third-order valence-corrected chi connectivity index (χ3v) is 6.60. The van der Waals surface area contributed by atoms with Crippen LogP contribution < -0.4 is 4.90 Å². The van der Waals surface area contributed by atoms with Crippen molar-refractivity contribution in [2.45, 2.75) is 19.3 Å². The molecule has 2 nitrogen and oxygen atoms in total. The Labute approximate surface area is 164 Å². The summed E-state index contributed by atoms with van der Waals surface area (Å²) in [5.41, 5.74) is 15.5. The normalized spacial score (nSPS) is 14.6. The molecular weight excluding hydrogens is 340 g/mol. The summed E-state index contributed by atoms with van der Waals surface area (Å²) in [6.45, 7) is 0. The van der Waals surface area contributed by atoms with E-state index in [4.69, 9.17) is 0 Å². The van der Waals surface area contributed by atoms with Crippen LogP contribution in [-0.2, 0) is 19.3 Å². The minimum absolute atomic E-state index is 0.958. The number of pyridine rings is 1. The van der Waals surface area contributed by atoms with Gasteiger partial charge >= 0.3 is 0 Å². The number of nitrogens with zero attached hydrogens (tertiary/aromatic N) is 2. The lowest BCUT2D eigenvalue weighted by molar-refractivity contribution is 0.985. The molecule has 0 radical (unpaired) electrons. The SMILES string of the molecule is c1ccc2c(c1)Cc1c-2cc2c3c1Cc1ccccc1N3c1ccncc1C2. The van der Waals surface area contributed by atoms with Gasteiger partial charge < -0.3 is 4.90 Å². The summed E-state index contributed by atoms with van der Waals surface area (Å²) in [6, 6.07) is 22.4. The molecule has 2 aliphatic heterocycles. The van der Waals surface area contributed by atoms with E-state index in [0.717, 1.165) is 19.3 Å². The Balaban J connectivity index is 1.58. The summed E-state index contributed by atoms with van der Waals surface area (Å²) in [5.74, 6) is 0. The van der Waals surface area contributed by atoms with Gasteiger partial charge in [-0.2, -0.15) is 0 Å². The van der Waals surface area contributed by atoms with E-state index in [1.807, 2.05) is 12.4 Å². The number of anilines is 3. The van der Waals surface area contributed by atoms with Crippen LogP contribution in [0.1, 0.15) is 33.4 Å². The van der Waals surface area contributed by atoms with E-state index >= 15 is 0 Å². The fourth-order valence-corrected chi connectivity index (χ4v) is 5.42. The maximum Gasteiger partial charge on any atom is 0.0535 e. The second-order valence-corrected chi connectivity index (χ2v) is 8.04. The molecule has 132 valence electrons. The number of para-hydroxylation sites is 1. The first-order valence-corrected chi connectivity index (χ1v) is 9.95. The van der Waals surface area contributed by atoms with Crippen LogP contribution in [0, 0.1) is 0 Å². The van der Waals surface area contributed by atoms with Gasteiger partial charge in [-0.1, -0.05) is 42.5 Å². The van der Waals surface area contributed by atoms with Crippen molar-refractivity contribution in [2.75, 3.05) is 4.90 Å². The van der Waals surface area contributed by atoms with Crippen molar-refractivity contribution in [2.24, 2.45) is 0 Å².